The standard InChI is InChI=1S/4C3H7.ClH.H2O.O.2Sn/c4*1-3-2;;;;;/h4*1,3H2,2H3;1H;1H2;;;/q;;;;;;;2*+1/p-2. The number of hydrogen-bond acceptors (Lipinski definition) is 2. The second-order valence-electron chi connectivity index (χ2n) is 4.93. The third-order valence-electron chi connectivity index (χ3n) is 2.90. The van der Waals surface area contributed by atoms with E-state index in [-0.39, 0.29) is 0 Å². The summed E-state index contributed by atoms with van der Waals surface area (Å²) in [5.74, 6) is 0. The Kier molecular flexibility index (Phi) is 10.7. The van der Waals surface area contributed by atoms with Gasteiger partial charge >= 0.3 is 122 Å². The molecule has 0 aliphatic rings. The minimum atomic E-state index is -3.29. The zero-order valence-corrected chi connectivity index (χ0v) is 18.4. The van der Waals surface area contributed by atoms with E-state index in [0.717, 1.165) is 43.4 Å². The van der Waals surface area contributed by atoms with Crippen molar-refractivity contribution < 1.29 is 4.86 Å². The van der Waals surface area contributed by atoms with Gasteiger partial charge < -0.3 is 0 Å². The molecule has 104 valence electrons. The van der Waals surface area contributed by atoms with Gasteiger partial charge in [0.05, 0.1) is 0 Å². The molecule has 0 radical (unpaired) electrons. The Balaban J connectivity index is 4.65. The van der Waals surface area contributed by atoms with Crippen molar-refractivity contribution in [3.05, 3.63) is 0 Å². The van der Waals surface area contributed by atoms with E-state index in [1.54, 1.807) is 0 Å². The van der Waals surface area contributed by atoms with Crippen molar-refractivity contribution in [3.63, 3.8) is 0 Å². The van der Waals surface area contributed by atoms with Gasteiger partial charge in [0, 0.05) is 0 Å². The van der Waals surface area contributed by atoms with Gasteiger partial charge in [-0.3, -0.25) is 0 Å². The molecule has 0 fully saturated rings. The summed E-state index contributed by atoms with van der Waals surface area (Å²) in [7, 11) is 6.78. The third kappa shape index (κ3) is 7.85. The van der Waals surface area contributed by atoms with Crippen molar-refractivity contribution in [2.75, 3.05) is 0 Å². The summed E-state index contributed by atoms with van der Waals surface area (Å²) in [6.45, 7) is 8.60. The monoisotopic (exact) mass is 480 g/mol. The van der Waals surface area contributed by atoms with Crippen molar-refractivity contribution in [2.24, 2.45) is 0 Å². The Hall–Kier alpha value is 1.81. The second kappa shape index (κ2) is 9.67. The predicted molar refractivity (Wildman–Crippen MR) is 81.1 cm³/mol. The maximum atomic E-state index is 10.8. The van der Waals surface area contributed by atoms with E-state index in [1.165, 1.54) is 0 Å². The minimum absolute atomic E-state index is 0.918. The molecule has 0 atom stereocenters. The van der Waals surface area contributed by atoms with Crippen LogP contribution >= 0.6 is 8.92 Å². The molecule has 0 saturated heterocycles. The summed E-state index contributed by atoms with van der Waals surface area (Å²) < 4.78 is 21.0. The molecule has 0 saturated carbocycles. The topological polar surface area (TPSA) is 29.5 Å². The van der Waals surface area contributed by atoms with Gasteiger partial charge in [-0.25, -0.2) is 0 Å². The van der Waals surface area contributed by atoms with E-state index in [4.69, 9.17) is 10.3 Å². The molecule has 0 aliphatic carbocycles. The molecule has 1 N–H and O–H groups in total. The van der Waals surface area contributed by atoms with Gasteiger partial charge in [-0.1, -0.05) is 0 Å². The number of halogens is 1. The molecule has 0 aromatic heterocycles. The number of hydrogen-bond donors (Lipinski definition) is 1. The van der Waals surface area contributed by atoms with Crippen LogP contribution in [-0.4, -0.2) is 40.3 Å². The predicted octanol–water partition coefficient (Wildman–Crippen LogP) is 4.76. The zero-order valence-electron chi connectivity index (χ0n) is 11.9. The normalized spacial score (nSPS) is 13.1. The first-order valence-electron chi connectivity index (χ1n) is 7.06. The van der Waals surface area contributed by atoms with E-state index in [1.807, 2.05) is 0 Å². The Morgan fingerprint density at radius 1 is 0.824 bits per heavy atom. The molecule has 5 heteroatoms. The Morgan fingerprint density at radius 2 is 1.18 bits per heavy atom. The molecule has 0 unspecified atom stereocenters. The summed E-state index contributed by atoms with van der Waals surface area (Å²) in [6, 6.07) is 0. The molecular weight excluding hydrogens is 449 g/mol. The van der Waals surface area contributed by atoms with Crippen LogP contribution in [0.3, 0.4) is 0 Å². The van der Waals surface area contributed by atoms with Crippen LogP contribution in [0.4, 0.5) is 0 Å². The fourth-order valence-corrected chi connectivity index (χ4v) is 45.4. The van der Waals surface area contributed by atoms with Crippen LogP contribution < -0.4 is 0 Å². The molecular formula is C12H29ClO2Sn2. The van der Waals surface area contributed by atoms with Gasteiger partial charge in [-0.05, 0) is 0 Å². The molecule has 0 aromatic carbocycles. The van der Waals surface area contributed by atoms with Gasteiger partial charge in [0.15, 0.2) is 0 Å². The quantitative estimate of drug-likeness (QED) is 0.459. The summed E-state index contributed by atoms with van der Waals surface area (Å²) in [5.41, 5.74) is 0. The first-order valence-corrected chi connectivity index (χ1v) is 22.4. The van der Waals surface area contributed by atoms with Crippen LogP contribution in [0.2, 0.25) is 17.7 Å². The molecule has 0 aromatic rings. The third-order valence-corrected chi connectivity index (χ3v) is 39.7. The number of rotatable bonds is 10. The van der Waals surface area contributed by atoms with Gasteiger partial charge in [0.25, 0.3) is 0 Å². The van der Waals surface area contributed by atoms with Crippen LogP contribution in [0, 0.1) is 0 Å². The van der Waals surface area contributed by atoms with Gasteiger partial charge in [0.1, 0.15) is 0 Å². The van der Waals surface area contributed by atoms with Crippen molar-refractivity contribution in [3.8, 4) is 0 Å². The van der Waals surface area contributed by atoms with E-state index in [2.05, 4.69) is 27.7 Å². The van der Waals surface area contributed by atoms with Gasteiger partial charge in [-0.2, -0.15) is 0 Å². The molecule has 17 heavy (non-hydrogen) atoms. The van der Waals surface area contributed by atoms with Crippen LogP contribution in [-0.2, 0) is 1.41 Å². The second-order valence-corrected chi connectivity index (χ2v) is 30.2. The molecule has 0 spiro atoms. The van der Waals surface area contributed by atoms with E-state index < -0.39 is 36.9 Å². The molecule has 0 aliphatic heterocycles. The Labute approximate surface area is 121 Å². The SMILES string of the molecule is CC[CH2][Sn]([OH])([CH2]CC)[O][Sn]([Cl])([CH2]CC)[CH2]CC. The van der Waals surface area contributed by atoms with Crippen LogP contribution in [0.1, 0.15) is 53.4 Å². The molecule has 0 rings (SSSR count). The average molecular weight is 478 g/mol. The average Bonchev–Trinajstić information content (AvgIpc) is 2.17. The Morgan fingerprint density at radius 3 is 1.47 bits per heavy atom. The Bertz CT molecular complexity index is 171. The summed E-state index contributed by atoms with van der Waals surface area (Å²) in [5, 5.41) is 0. The van der Waals surface area contributed by atoms with Gasteiger partial charge in [0.2, 0.25) is 0 Å². The fraction of sp³-hybridized carbons (Fsp3) is 1.00. The van der Waals surface area contributed by atoms with Crippen LogP contribution in [0.5, 0.6) is 0 Å². The van der Waals surface area contributed by atoms with E-state index in [0.29, 0.717) is 0 Å². The van der Waals surface area contributed by atoms with Crippen molar-refractivity contribution in [2.45, 2.75) is 71.1 Å². The zero-order chi connectivity index (χ0) is 13.4. The van der Waals surface area contributed by atoms with Crippen molar-refractivity contribution in [1.82, 2.24) is 0 Å². The first kappa shape index (κ1) is 18.8. The van der Waals surface area contributed by atoms with Crippen molar-refractivity contribution >= 4 is 45.8 Å². The summed E-state index contributed by atoms with van der Waals surface area (Å²) in [4.78, 5) is 0. The summed E-state index contributed by atoms with van der Waals surface area (Å²) >= 11 is -6.22. The first-order chi connectivity index (χ1) is 7.95. The molecule has 0 bridgehead atoms. The van der Waals surface area contributed by atoms with Crippen LogP contribution in [0.15, 0.2) is 0 Å². The van der Waals surface area contributed by atoms with E-state index >= 15 is 0 Å². The van der Waals surface area contributed by atoms with Crippen molar-refractivity contribution in [1.29, 1.82) is 0 Å². The molecule has 0 amide bonds. The molecule has 2 nitrogen and oxygen atoms in total. The van der Waals surface area contributed by atoms with E-state index in [9.17, 15) is 3.44 Å². The fourth-order valence-electron chi connectivity index (χ4n) is 2.32. The molecule has 0 heterocycles. The van der Waals surface area contributed by atoms with Gasteiger partial charge in [-0.15, -0.1) is 0 Å². The maximum absolute atomic E-state index is 10.8. The van der Waals surface area contributed by atoms with Crippen LogP contribution in [0.25, 0.3) is 0 Å². The summed E-state index contributed by atoms with van der Waals surface area (Å²) in [6.07, 6.45) is 4.26.